The number of nitrogens with two attached hydrogens (primary N) is 1. The van der Waals surface area contributed by atoms with Gasteiger partial charge in [0.05, 0.1) is 12.5 Å². The molecule has 0 aliphatic carbocycles. The number of rotatable bonds is 7. The maximum Gasteiger partial charge on any atom is 0.229 e. The number of aliphatic hydroxyl groups is 1. The molecule has 1 atom stereocenters. The van der Waals surface area contributed by atoms with Crippen LogP contribution in [0.15, 0.2) is 54.6 Å². The van der Waals surface area contributed by atoms with Gasteiger partial charge < -0.3 is 15.7 Å². The largest absolute Gasteiger partial charge is 0.388 e. The number of benzene rings is 2. The molecule has 0 bridgehead atoms. The molecule has 1 unspecified atom stereocenters. The maximum atomic E-state index is 13.2. The maximum absolute atomic E-state index is 13.2. The molecular formula is C18H19FN2O3. The Morgan fingerprint density at radius 3 is 2.46 bits per heavy atom. The molecule has 0 aliphatic heterocycles. The number of hydrogen-bond acceptors (Lipinski definition) is 3. The van der Waals surface area contributed by atoms with Crippen LogP contribution in [0.25, 0.3) is 0 Å². The van der Waals surface area contributed by atoms with E-state index in [0.717, 1.165) is 0 Å². The normalized spacial score (nSPS) is 11.8. The first-order chi connectivity index (χ1) is 11.5. The van der Waals surface area contributed by atoms with E-state index in [2.05, 4.69) is 0 Å². The van der Waals surface area contributed by atoms with Crippen molar-refractivity contribution in [2.75, 3.05) is 11.4 Å². The zero-order valence-corrected chi connectivity index (χ0v) is 13.1. The molecule has 0 saturated carbocycles. The highest BCUT2D eigenvalue weighted by atomic mass is 19.1. The van der Waals surface area contributed by atoms with Gasteiger partial charge in [0.25, 0.3) is 0 Å². The van der Waals surface area contributed by atoms with Crippen LogP contribution in [0.4, 0.5) is 10.1 Å². The van der Waals surface area contributed by atoms with Crippen molar-refractivity contribution in [3.8, 4) is 0 Å². The minimum Gasteiger partial charge on any atom is -0.388 e. The van der Waals surface area contributed by atoms with E-state index in [1.165, 1.54) is 23.1 Å². The Kier molecular flexibility index (Phi) is 6.03. The van der Waals surface area contributed by atoms with Gasteiger partial charge in [-0.15, -0.1) is 0 Å². The zero-order chi connectivity index (χ0) is 17.5. The molecule has 0 aliphatic rings. The molecular weight excluding hydrogens is 311 g/mol. The van der Waals surface area contributed by atoms with Crippen LogP contribution < -0.4 is 10.6 Å². The topological polar surface area (TPSA) is 83.6 Å². The molecule has 0 heterocycles. The number of carbonyl (C=O) groups is 2. The molecule has 0 fully saturated rings. The quantitative estimate of drug-likeness (QED) is 0.816. The second-order valence-corrected chi connectivity index (χ2v) is 5.37. The predicted molar refractivity (Wildman–Crippen MR) is 88.6 cm³/mol. The van der Waals surface area contributed by atoms with Gasteiger partial charge in [-0.1, -0.05) is 30.3 Å². The highest BCUT2D eigenvalue weighted by molar-refractivity contribution is 5.94. The van der Waals surface area contributed by atoms with Crippen molar-refractivity contribution in [3.05, 3.63) is 66.0 Å². The third-order valence-electron chi connectivity index (χ3n) is 3.55. The summed E-state index contributed by atoms with van der Waals surface area (Å²) in [6, 6.07) is 14.3. The van der Waals surface area contributed by atoms with Crippen LogP contribution in [-0.4, -0.2) is 23.5 Å². The summed E-state index contributed by atoms with van der Waals surface area (Å²) in [5, 5.41) is 10.2. The molecule has 5 nitrogen and oxygen atoms in total. The average molecular weight is 330 g/mol. The van der Waals surface area contributed by atoms with E-state index in [1.807, 2.05) is 6.07 Å². The number of aliphatic hydroxyl groups excluding tert-OH is 1. The van der Waals surface area contributed by atoms with Crippen molar-refractivity contribution in [1.82, 2.24) is 0 Å². The van der Waals surface area contributed by atoms with Crippen LogP contribution in [0, 0.1) is 5.82 Å². The number of hydrogen-bond donors (Lipinski definition) is 2. The van der Waals surface area contributed by atoms with Crippen molar-refractivity contribution in [3.63, 3.8) is 0 Å². The molecule has 126 valence electrons. The summed E-state index contributed by atoms with van der Waals surface area (Å²) in [7, 11) is 0. The fourth-order valence-corrected chi connectivity index (χ4v) is 2.34. The lowest BCUT2D eigenvalue weighted by Crippen LogP contribution is -2.34. The molecule has 6 heteroatoms. The lowest BCUT2D eigenvalue weighted by Gasteiger charge is -2.24. The number of primary amides is 1. The minimum atomic E-state index is -1.13. The summed E-state index contributed by atoms with van der Waals surface area (Å²) < 4.78 is 13.2. The van der Waals surface area contributed by atoms with Gasteiger partial charge in [0.2, 0.25) is 11.8 Å². The standard InChI is InChI=1S/C18H19FN2O3/c19-14-6-4-5-13(11-14)16(22)12-18(24)21(10-9-17(20)23)15-7-2-1-3-8-15/h1-8,11,16,22H,9-10,12H2,(H2,20,23). The molecule has 2 rings (SSSR count). The number of para-hydroxylation sites is 1. The van der Waals surface area contributed by atoms with E-state index in [0.29, 0.717) is 11.3 Å². The predicted octanol–water partition coefficient (Wildman–Crippen LogP) is 2.16. The Labute approximate surface area is 139 Å². The van der Waals surface area contributed by atoms with Crippen molar-refractivity contribution in [2.24, 2.45) is 5.73 Å². The van der Waals surface area contributed by atoms with Gasteiger partial charge in [-0.05, 0) is 29.8 Å². The van der Waals surface area contributed by atoms with Crippen molar-refractivity contribution < 1.29 is 19.1 Å². The van der Waals surface area contributed by atoms with Crippen LogP contribution in [0.3, 0.4) is 0 Å². The molecule has 0 spiro atoms. The Morgan fingerprint density at radius 2 is 1.83 bits per heavy atom. The summed E-state index contributed by atoms with van der Waals surface area (Å²) in [5.41, 5.74) is 6.09. The zero-order valence-electron chi connectivity index (χ0n) is 13.1. The SMILES string of the molecule is NC(=O)CCN(C(=O)CC(O)c1cccc(F)c1)c1ccccc1. The Bertz CT molecular complexity index is 706. The number of nitrogens with zero attached hydrogens (tertiary/aromatic N) is 1. The first kappa shape index (κ1) is 17.6. The van der Waals surface area contributed by atoms with Crippen molar-refractivity contribution >= 4 is 17.5 Å². The summed E-state index contributed by atoms with van der Waals surface area (Å²) in [6.07, 6.45) is -1.35. The average Bonchev–Trinajstić information content (AvgIpc) is 2.55. The van der Waals surface area contributed by atoms with Crippen molar-refractivity contribution in [2.45, 2.75) is 18.9 Å². The van der Waals surface area contributed by atoms with Crippen LogP contribution in [0.1, 0.15) is 24.5 Å². The first-order valence-corrected chi connectivity index (χ1v) is 7.54. The van der Waals surface area contributed by atoms with Crippen LogP contribution in [-0.2, 0) is 9.59 Å². The monoisotopic (exact) mass is 330 g/mol. The number of halogens is 1. The summed E-state index contributed by atoms with van der Waals surface area (Å²) in [5.74, 6) is -1.37. The van der Waals surface area contributed by atoms with Gasteiger partial charge in [0.1, 0.15) is 5.82 Å². The number of carbonyl (C=O) groups excluding carboxylic acids is 2. The second-order valence-electron chi connectivity index (χ2n) is 5.37. The van der Waals surface area contributed by atoms with Gasteiger partial charge in [-0.3, -0.25) is 9.59 Å². The van der Waals surface area contributed by atoms with Crippen molar-refractivity contribution in [1.29, 1.82) is 0 Å². The Hall–Kier alpha value is -2.73. The molecule has 3 N–H and O–H groups in total. The fourth-order valence-electron chi connectivity index (χ4n) is 2.34. The van der Waals surface area contributed by atoms with Crippen LogP contribution >= 0.6 is 0 Å². The van der Waals surface area contributed by atoms with E-state index in [4.69, 9.17) is 5.73 Å². The van der Waals surface area contributed by atoms with E-state index in [1.54, 1.807) is 30.3 Å². The summed E-state index contributed by atoms with van der Waals surface area (Å²) in [4.78, 5) is 25.0. The molecule has 24 heavy (non-hydrogen) atoms. The lowest BCUT2D eigenvalue weighted by atomic mass is 10.1. The molecule has 0 aromatic heterocycles. The van der Waals surface area contributed by atoms with E-state index < -0.39 is 17.8 Å². The van der Waals surface area contributed by atoms with Gasteiger partial charge in [-0.25, -0.2) is 4.39 Å². The molecule has 2 amide bonds. The van der Waals surface area contributed by atoms with Crippen LogP contribution in [0.5, 0.6) is 0 Å². The Balaban J connectivity index is 2.13. The molecule has 0 saturated heterocycles. The van der Waals surface area contributed by atoms with E-state index in [-0.39, 0.29) is 25.3 Å². The summed E-state index contributed by atoms with van der Waals surface area (Å²) in [6.45, 7) is 0.119. The van der Waals surface area contributed by atoms with Gasteiger partial charge >= 0.3 is 0 Å². The lowest BCUT2D eigenvalue weighted by molar-refractivity contribution is -0.120. The van der Waals surface area contributed by atoms with Gasteiger partial charge in [0, 0.05) is 18.7 Å². The molecule has 2 aromatic carbocycles. The number of anilines is 1. The smallest absolute Gasteiger partial charge is 0.229 e. The fraction of sp³-hybridized carbons (Fsp3) is 0.222. The van der Waals surface area contributed by atoms with Gasteiger partial charge in [0.15, 0.2) is 0 Å². The van der Waals surface area contributed by atoms with Gasteiger partial charge in [-0.2, -0.15) is 0 Å². The highest BCUT2D eigenvalue weighted by Crippen LogP contribution is 2.21. The minimum absolute atomic E-state index is 0.0106. The molecule has 2 aromatic rings. The first-order valence-electron chi connectivity index (χ1n) is 7.54. The van der Waals surface area contributed by atoms with E-state index in [9.17, 15) is 19.1 Å². The number of amides is 2. The summed E-state index contributed by atoms with van der Waals surface area (Å²) >= 11 is 0. The third-order valence-corrected chi connectivity index (χ3v) is 3.55. The highest BCUT2D eigenvalue weighted by Gasteiger charge is 2.21. The third kappa shape index (κ3) is 4.89. The molecule has 0 radical (unpaired) electrons. The van der Waals surface area contributed by atoms with E-state index >= 15 is 0 Å². The van der Waals surface area contributed by atoms with Crippen LogP contribution in [0.2, 0.25) is 0 Å². The second kappa shape index (κ2) is 8.21. The Morgan fingerprint density at radius 1 is 1.12 bits per heavy atom.